The van der Waals surface area contributed by atoms with Crippen molar-refractivity contribution in [3.63, 3.8) is 0 Å². The first-order valence-electron chi connectivity index (χ1n) is 8.57. The number of ether oxygens (including phenoxy) is 2. The van der Waals surface area contributed by atoms with Gasteiger partial charge in [0.2, 0.25) is 10.0 Å². The summed E-state index contributed by atoms with van der Waals surface area (Å²) in [6, 6.07) is 1.18. The van der Waals surface area contributed by atoms with Gasteiger partial charge in [-0.3, -0.25) is 0 Å². The summed E-state index contributed by atoms with van der Waals surface area (Å²) in [7, 11) is -2.22. The number of carbonyl (C=O) groups is 1. The fraction of sp³-hybridized carbons (Fsp3) is 0.526. The molecule has 1 N–H and O–H groups in total. The van der Waals surface area contributed by atoms with Crippen molar-refractivity contribution < 1.29 is 22.7 Å². The SMILES string of the molecule is CCOC(=O)/C=C\C(NS(=O)(=O)c1c(C)cc(OC)c(C)c1C)C(C)C. The van der Waals surface area contributed by atoms with Crippen molar-refractivity contribution >= 4 is 16.0 Å². The minimum atomic E-state index is -3.78. The van der Waals surface area contributed by atoms with E-state index in [1.807, 2.05) is 20.8 Å². The molecule has 0 radical (unpaired) electrons. The van der Waals surface area contributed by atoms with Gasteiger partial charge in [0.1, 0.15) is 5.75 Å². The van der Waals surface area contributed by atoms with E-state index in [9.17, 15) is 13.2 Å². The molecule has 0 aliphatic rings. The molecule has 0 saturated heterocycles. The first-order chi connectivity index (χ1) is 12.0. The van der Waals surface area contributed by atoms with Crippen LogP contribution in [-0.4, -0.2) is 34.1 Å². The van der Waals surface area contributed by atoms with Gasteiger partial charge < -0.3 is 9.47 Å². The molecule has 0 aliphatic heterocycles. The quantitative estimate of drug-likeness (QED) is 0.551. The van der Waals surface area contributed by atoms with Crippen molar-refractivity contribution in [1.29, 1.82) is 0 Å². The van der Waals surface area contributed by atoms with E-state index in [0.29, 0.717) is 16.9 Å². The summed E-state index contributed by atoms with van der Waals surface area (Å²) in [6.45, 7) is 11.1. The fourth-order valence-electron chi connectivity index (χ4n) is 2.66. The van der Waals surface area contributed by atoms with Crippen molar-refractivity contribution in [1.82, 2.24) is 4.72 Å². The molecule has 0 aliphatic carbocycles. The van der Waals surface area contributed by atoms with Crippen LogP contribution in [0.2, 0.25) is 0 Å². The molecule has 1 unspecified atom stereocenters. The zero-order valence-corrected chi connectivity index (χ0v) is 17.4. The van der Waals surface area contributed by atoms with E-state index in [-0.39, 0.29) is 17.4 Å². The van der Waals surface area contributed by atoms with Crippen LogP contribution in [0.5, 0.6) is 5.75 Å². The molecule has 26 heavy (non-hydrogen) atoms. The van der Waals surface area contributed by atoms with Crippen LogP contribution in [0.15, 0.2) is 23.1 Å². The van der Waals surface area contributed by atoms with Gasteiger partial charge in [0, 0.05) is 12.1 Å². The molecular formula is C19H29NO5S. The maximum Gasteiger partial charge on any atom is 0.330 e. The second kappa shape index (κ2) is 9.19. The Morgan fingerprint density at radius 3 is 2.35 bits per heavy atom. The third-order valence-corrected chi connectivity index (χ3v) is 5.95. The molecular weight excluding hydrogens is 354 g/mol. The summed E-state index contributed by atoms with van der Waals surface area (Å²) in [5.41, 5.74) is 2.03. The Balaban J connectivity index is 3.25. The van der Waals surface area contributed by atoms with Gasteiger partial charge in [0.15, 0.2) is 0 Å². The highest BCUT2D eigenvalue weighted by Crippen LogP contribution is 2.30. The molecule has 0 fully saturated rings. The van der Waals surface area contributed by atoms with Crippen molar-refractivity contribution in [2.24, 2.45) is 5.92 Å². The molecule has 0 aromatic heterocycles. The molecule has 0 spiro atoms. The average molecular weight is 384 g/mol. The normalized spacial score (nSPS) is 13.2. The number of esters is 1. The summed E-state index contributed by atoms with van der Waals surface area (Å²) >= 11 is 0. The van der Waals surface area contributed by atoms with Gasteiger partial charge in [-0.2, -0.15) is 0 Å². The fourth-order valence-corrected chi connectivity index (χ4v) is 4.52. The van der Waals surface area contributed by atoms with E-state index in [0.717, 1.165) is 5.56 Å². The topological polar surface area (TPSA) is 81.7 Å². The number of hydrogen-bond acceptors (Lipinski definition) is 5. The Morgan fingerprint density at radius 2 is 1.85 bits per heavy atom. The number of rotatable bonds is 8. The summed E-state index contributed by atoms with van der Waals surface area (Å²) in [5, 5.41) is 0. The van der Waals surface area contributed by atoms with Crippen LogP contribution in [0.3, 0.4) is 0 Å². The molecule has 7 heteroatoms. The van der Waals surface area contributed by atoms with Gasteiger partial charge in [-0.1, -0.05) is 19.9 Å². The molecule has 1 aromatic carbocycles. The summed E-state index contributed by atoms with van der Waals surface area (Å²) in [6.07, 6.45) is 2.79. The van der Waals surface area contributed by atoms with Crippen LogP contribution in [0.1, 0.15) is 37.5 Å². The first-order valence-corrected chi connectivity index (χ1v) is 10.1. The van der Waals surface area contributed by atoms with Crippen LogP contribution >= 0.6 is 0 Å². The van der Waals surface area contributed by atoms with Crippen LogP contribution in [0.25, 0.3) is 0 Å². The van der Waals surface area contributed by atoms with Gasteiger partial charge in [-0.15, -0.1) is 0 Å². The van der Waals surface area contributed by atoms with Gasteiger partial charge >= 0.3 is 5.97 Å². The zero-order chi connectivity index (χ0) is 20.1. The number of benzene rings is 1. The molecule has 146 valence electrons. The lowest BCUT2D eigenvalue weighted by Crippen LogP contribution is -2.38. The zero-order valence-electron chi connectivity index (χ0n) is 16.5. The smallest absolute Gasteiger partial charge is 0.330 e. The van der Waals surface area contributed by atoms with E-state index in [1.54, 1.807) is 33.9 Å². The van der Waals surface area contributed by atoms with Crippen molar-refractivity contribution in [3.05, 3.63) is 34.9 Å². The lowest BCUT2D eigenvalue weighted by atomic mass is 10.1. The Bertz CT molecular complexity index is 782. The second-order valence-corrected chi connectivity index (χ2v) is 8.13. The number of carbonyl (C=O) groups excluding carboxylic acids is 1. The highest BCUT2D eigenvalue weighted by molar-refractivity contribution is 7.89. The van der Waals surface area contributed by atoms with Crippen LogP contribution in [-0.2, 0) is 19.6 Å². The van der Waals surface area contributed by atoms with Gasteiger partial charge in [-0.05, 0) is 56.4 Å². The minimum absolute atomic E-state index is 0.0459. The van der Waals surface area contributed by atoms with Gasteiger partial charge in [0.25, 0.3) is 0 Å². The number of aryl methyl sites for hydroxylation is 1. The van der Waals surface area contributed by atoms with E-state index in [4.69, 9.17) is 9.47 Å². The lowest BCUT2D eigenvalue weighted by molar-refractivity contribution is -0.137. The Morgan fingerprint density at radius 1 is 1.23 bits per heavy atom. The Hall–Kier alpha value is -1.86. The standard InChI is InChI=1S/C19H29NO5S/c1-8-25-18(21)10-9-16(12(2)3)20-26(22,23)19-13(4)11-17(24-7)14(5)15(19)6/h9-12,16,20H,8H2,1-7H3/b10-9-. The van der Waals surface area contributed by atoms with Crippen LogP contribution < -0.4 is 9.46 Å². The van der Waals surface area contributed by atoms with E-state index in [1.165, 1.54) is 12.2 Å². The summed E-state index contributed by atoms with van der Waals surface area (Å²) < 4.78 is 38.9. The monoisotopic (exact) mass is 383 g/mol. The van der Waals surface area contributed by atoms with Crippen LogP contribution in [0.4, 0.5) is 0 Å². The minimum Gasteiger partial charge on any atom is -0.496 e. The molecule has 0 heterocycles. The molecule has 0 saturated carbocycles. The second-order valence-electron chi connectivity index (χ2n) is 6.48. The van der Waals surface area contributed by atoms with E-state index in [2.05, 4.69) is 4.72 Å². The van der Waals surface area contributed by atoms with E-state index >= 15 is 0 Å². The van der Waals surface area contributed by atoms with Gasteiger partial charge in [-0.25, -0.2) is 17.9 Å². The van der Waals surface area contributed by atoms with E-state index < -0.39 is 22.0 Å². The molecule has 1 aromatic rings. The largest absolute Gasteiger partial charge is 0.496 e. The first kappa shape index (κ1) is 22.2. The Kier molecular flexibility index (Phi) is 7.84. The number of sulfonamides is 1. The highest BCUT2D eigenvalue weighted by atomic mass is 32.2. The third-order valence-electron chi connectivity index (χ3n) is 4.20. The third kappa shape index (κ3) is 5.32. The maximum absolute atomic E-state index is 13.0. The highest BCUT2D eigenvalue weighted by Gasteiger charge is 2.26. The number of hydrogen-bond donors (Lipinski definition) is 1. The Labute approximate surface area is 156 Å². The molecule has 0 amide bonds. The maximum atomic E-state index is 13.0. The average Bonchev–Trinajstić information content (AvgIpc) is 2.54. The number of methoxy groups -OCH3 is 1. The lowest BCUT2D eigenvalue weighted by Gasteiger charge is -2.22. The molecule has 1 rings (SSSR count). The summed E-state index contributed by atoms with van der Waals surface area (Å²) in [5.74, 6) is 0.113. The predicted molar refractivity (Wildman–Crippen MR) is 102 cm³/mol. The summed E-state index contributed by atoms with van der Waals surface area (Å²) in [4.78, 5) is 11.8. The van der Waals surface area contributed by atoms with Crippen molar-refractivity contribution in [2.45, 2.75) is 52.5 Å². The van der Waals surface area contributed by atoms with Crippen molar-refractivity contribution in [2.75, 3.05) is 13.7 Å². The number of nitrogens with one attached hydrogen (secondary N) is 1. The molecule has 6 nitrogen and oxygen atoms in total. The van der Waals surface area contributed by atoms with Crippen molar-refractivity contribution in [3.8, 4) is 5.75 Å². The molecule has 0 bridgehead atoms. The predicted octanol–water partition coefficient (Wildman–Crippen LogP) is 3.04. The van der Waals surface area contributed by atoms with Gasteiger partial charge in [0.05, 0.1) is 18.6 Å². The van der Waals surface area contributed by atoms with Crippen LogP contribution in [0, 0.1) is 26.7 Å². The molecule has 1 atom stereocenters.